The zero-order chi connectivity index (χ0) is 13.9. The van der Waals surface area contributed by atoms with Gasteiger partial charge in [-0.1, -0.05) is 12.1 Å². The molecule has 0 fully saturated rings. The number of anilines is 1. The van der Waals surface area contributed by atoms with Crippen LogP contribution in [0.2, 0.25) is 0 Å². The first kappa shape index (κ1) is 13.5. The summed E-state index contributed by atoms with van der Waals surface area (Å²) in [6.45, 7) is 3.98. The summed E-state index contributed by atoms with van der Waals surface area (Å²) < 4.78 is 10.8. The standard InChI is InChI=1S/C14H19N3O2/c1-5-14(2,18-4)13-16-12(19-17-13)10-6-8-11(15-3)9-7-10/h6-9,15H,5H2,1-4H3. The molecule has 102 valence electrons. The van der Waals surface area contributed by atoms with Crippen LogP contribution in [0.25, 0.3) is 11.5 Å². The average molecular weight is 261 g/mol. The molecule has 1 aromatic heterocycles. The Morgan fingerprint density at radius 1 is 1.32 bits per heavy atom. The van der Waals surface area contributed by atoms with E-state index < -0.39 is 5.60 Å². The Balaban J connectivity index is 2.29. The smallest absolute Gasteiger partial charge is 0.258 e. The van der Waals surface area contributed by atoms with Gasteiger partial charge in [0.1, 0.15) is 5.60 Å². The minimum Gasteiger partial charge on any atom is -0.388 e. The van der Waals surface area contributed by atoms with Crippen molar-refractivity contribution in [2.75, 3.05) is 19.5 Å². The molecule has 0 saturated heterocycles. The van der Waals surface area contributed by atoms with E-state index in [0.717, 1.165) is 17.7 Å². The molecule has 0 radical (unpaired) electrons. The van der Waals surface area contributed by atoms with E-state index in [9.17, 15) is 0 Å². The van der Waals surface area contributed by atoms with Gasteiger partial charge in [0.15, 0.2) is 0 Å². The van der Waals surface area contributed by atoms with Crippen molar-refractivity contribution in [1.29, 1.82) is 0 Å². The molecule has 2 rings (SSSR count). The fourth-order valence-electron chi connectivity index (χ4n) is 1.73. The lowest BCUT2D eigenvalue weighted by Crippen LogP contribution is -2.24. The molecule has 1 unspecified atom stereocenters. The first-order chi connectivity index (χ1) is 9.12. The van der Waals surface area contributed by atoms with Crippen LogP contribution < -0.4 is 5.32 Å². The molecule has 0 amide bonds. The summed E-state index contributed by atoms with van der Waals surface area (Å²) >= 11 is 0. The minimum atomic E-state index is -0.507. The van der Waals surface area contributed by atoms with Crippen molar-refractivity contribution in [3.63, 3.8) is 0 Å². The van der Waals surface area contributed by atoms with E-state index in [4.69, 9.17) is 9.26 Å². The predicted molar refractivity (Wildman–Crippen MR) is 73.9 cm³/mol. The Hall–Kier alpha value is -1.88. The number of nitrogens with zero attached hydrogens (tertiary/aromatic N) is 2. The molecule has 1 atom stereocenters. The monoisotopic (exact) mass is 261 g/mol. The van der Waals surface area contributed by atoms with Crippen molar-refractivity contribution in [1.82, 2.24) is 10.1 Å². The number of benzene rings is 1. The van der Waals surface area contributed by atoms with E-state index in [1.165, 1.54) is 0 Å². The SMILES string of the molecule is CCC(C)(OC)c1noc(-c2ccc(NC)cc2)n1. The van der Waals surface area contributed by atoms with Gasteiger partial charge in [-0.2, -0.15) is 4.98 Å². The zero-order valence-electron chi connectivity index (χ0n) is 11.7. The summed E-state index contributed by atoms with van der Waals surface area (Å²) in [5.74, 6) is 1.08. The molecule has 0 aliphatic carbocycles. The van der Waals surface area contributed by atoms with E-state index in [-0.39, 0.29) is 0 Å². The third-order valence-electron chi connectivity index (χ3n) is 3.44. The largest absolute Gasteiger partial charge is 0.388 e. The molecule has 5 heteroatoms. The number of rotatable bonds is 5. The van der Waals surface area contributed by atoms with Crippen molar-refractivity contribution < 1.29 is 9.26 Å². The molecule has 0 spiro atoms. The topological polar surface area (TPSA) is 60.2 Å². The van der Waals surface area contributed by atoms with Crippen LogP contribution in [0.3, 0.4) is 0 Å². The fraction of sp³-hybridized carbons (Fsp3) is 0.429. The van der Waals surface area contributed by atoms with Gasteiger partial charge < -0.3 is 14.6 Å². The number of hydrogen-bond acceptors (Lipinski definition) is 5. The molecule has 0 saturated carbocycles. The van der Waals surface area contributed by atoms with Gasteiger partial charge in [0.25, 0.3) is 5.89 Å². The van der Waals surface area contributed by atoms with Crippen LogP contribution in [0.5, 0.6) is 0 Å². The quantitative estimate of drug-likeness (QED) is 0.896. The third kappa shape index (κ3) is 2.61. The molecule has 1 N–H and O–H groups in total. The molecule has 0 bridgehead atoms. The van der Waals surface area contributed by atoms with Crippen molar-refractivity contribution in [2.45, 2.75) is 25.9 Å². The maximum atomic E-state index is 5.46. The van der Waals surface area contributed by atoms with Crippen molar-refractivity contribution in [3.8, 4) is 11.5 Å². The van der Waals surface area contributed by atoms with Crippen LogP contribution in [0.15, 0.2) is 28.8 Å². The van der Waals surface area contributed by atoms with Gasteiger partial charge in [-0.05, 0) is 37.6 Å². The first-order valence-corrected chi connectivity index (χ1v) is 6.30. The average Bonchev–Trinajstić information content (AvgIpc) is 2.97. The van der Waals surface area contributed by atoms with Crippen LogP contribution in [0.4, 0.5) is 5.69 Å². The van der Waals surface area contributed by atoms with Crippen molar-refractivity contribution >= 4 is 5.69 Å². The predicted octanol–water partition coefficient (Wildman–Crippen LogP) is 3.05. The fourth-order valence-corrected chi connectivity index (χ4v) is 1.73. The minimum absolute atomic E-state index is 0.507. The van der Waals surface area contributed by atoms with Crippen molar-refractivity contribution in [2.24, 2.45) is 0 Å². The first-order valence-electron chi connectivity index (χ1n) is 6.30. The molecule has 1 heterocycles. The van der Waals surface area contributed by atoms with Gasteiger partial charge in [-0.25, -0.2) is 0 Å². The van der Waals surface area contributed by atoms with E-state index in [0.29, 0.717) is 11.7 Å². The molecular weight excluding hydrogens is 242 g/mol. The molecule has 19 heavy (non-hydrogen) atoms. The number of methoxy groups -OCH3 is 1. The Bertz CT molecular complexity index is 530. The third-order valence-corrected chi connectivity index (χ3v) is 3.44. The summed E-state index contributed by atoms with van der Waals surface area (Å²) in [7, 11) is 3.53. The van der Waals surface area contributed by atoms with Gasteiger partial charge in [-0.15, -0.1) is 0 Å². The molecule has 2 aromatic rings. The van der Waals surface area contributed by atoms with Crippen LogP contribution >= 0.6 is 0 Å². The Labute approximate surface area is 113 Å². The van der Waals surface area contributed by atoms with Gasteiger partial charge in [-0.3, -0.25) is 0 Å². The Kier molecular flexibility index (Phi) is 3.85. The highest BCUT2D eigenvalue weighted by atomic mass is 16.5. The molecule has 0 aliphatic rings. The van der Waals surface area contributed by atoms with Crippen molar-refractivity contribution in [3.05, 3.63) is 30.1 Å². The summed E-state index contributed by atoms with van der Waals surface area (Å²) in [6, 6.07) is 7.82. The lowest BCUT2D eigenvalue weighted by atomic mass is 10.0. The lowest BCUT2D eigenvalue weighted by Gasteiger charge is -2.21. The molecule has 5 nitrogen and oxygen atoms in total. The second-order valence-corrected chi connectivity index (χ2v) is 4.54. The van der Waals surface area contributed by atoms with Gasteiger partial charge >= 0.3 is 0 Å². The summed E-state index contributed by atoms with van der Waals surface area (Å²) in [5, 5.41) is 7.09. The highest BCUT2D eigenvalue weighted by Gasteiger charge is 2.30. The van der Waals surface area contributed by atoms with E-state index in [1.807, 2.05) is 45.2 Å². The number of ether oxygens (including phenoxy) is 1. The van der Waals surface area contributed by atoms with Crippen LogP contribution in [0, 0.1) is 0 Å². The van der Waals surface area contributed by atoms with Gasteiger partial charge in [0.05, 0.1) is 0 Å². The summed E-state index contributed by atoms with van der Waals surface area (Å²) in [4.78, 5) is 4.43. The molecule has 0 aliphatic heterocycles. The van der Waals surface area contributed by atoms with E-state index in [1.54, 1.807) is 7.11 Å². The normalized spacial score (nSPS) is 14.1. The highest BCUT2D eigenvalue weighted by molar-refractivity contribution is 5.58. The maximum absolute atomic E-state index is 5.46. The molecule has 1 aromatic carbocycles. The Morgan fingerprint density at radius 2 is 2.00 bits per heavy atom. The number of aromatic nitrogens is 2. The van der Waals surface area contributed by atoms with Gasteiger partial charge in [0, 0.05) is 25.4 Å². The highest BCUT2D eigenvalue weighted by Crippen LogP contribution is 2.28. The summed E-state index contributed by atoms with van der Waals surface area (Å²) in [5.41, 5.74) is 1.43. The van der Waals surface area contributed by atoms with Crippen LogP contribution in [-0.2, 0) is 10.3 Å². The van der Waals surface area contributed by atoms with Gasteiger partial charge in [0.2, 0.25) is 5.82 Å². The van der Waals surface area contributed by atoms with Crippen LogP contribution in [-0.4, -0.2) is 24.3 Å². The maximum Gasteiger partial charge on any atom is 0.258 e. The second kappa shape index (κ2) is 5.40. The zero-order valence-corrected chi connectivity index (χ0v) is 11.7. The number of hydrogen-bond donors (Lipinski definition) is 1. The Morgan fingerprint density at radius 3 is 2.53 bits per heavy atom. The number of nitrogens with one attached hydrogen (secondary N) is 1. The second-order valence-electron chi connectivity index (χ2n) is 4.54. The molecular formula is C14H19N3O2. The van der Waals surface area contributed by atoms with E-state index >= 15 is 0 Å². The summed E-state index contributed by atoms with van der Waals surface area (Å²) in [6.07, 6.45) is 0.779. The lowest BCUT2D eigenvalue weighted by molar-refractivity contribution is -0.0106. The van der Waals surface area contributed by atoms with Crippen LogP contribution in [0.1, 0.15) is 26.1 Å². The van der Waals surface area contributed by atoms with E-state index in [2.05, 4.69) is 15.5 Å².